The molecule has 8 nitrogen and oxygen atoms in total. The number of furan rings is 1. The molecule has 4 aromatic rings. The van der Waals surface area contributed by atoms with Crippen molar-refractivity contribution < 1.29 is 13.9 Å². The van der Waals surface area contributed by atoms with Crippen LogP contribution in [0.15, 0.2) is 41.1 Å². The molecule has 0 unspecified atom stereocenters. The van der Waals surface area contributed by atoms with Crippen molar-refractivity contribution in [3.05, 3.63) is 36.7 Å². The first-order valence-electron chi connectivity index (χ1n) is 7.40. The summed E-state index contributed by atoms with van der Waals surface area (Å²) >= 11 is 0. The van der Waals surface area contributed by atoms with Gasteiger partial charge in [0, 0.05) is 24.9 Å². The Bertz CT molecular complexity index is 1010. The van der Waals surface area contributed by atoms with Crippen LogP contribution in [0, 0.1) is 0 Å². The molecule has 4 aromatic heterocycles. The zero-order chi connectivity index (χ0) is 16.5. The maximum absolute atomic E-state index is 5.90. The lowest BCUT2D eigenvalue weighted by atomic mass is 10.3. The lowest BCUT2D eigenvalue weighted by Gasteiger charge is -2.04. The third-order valence-corrected chi connectivity index (χ3v) is 3.56. The molecule has 122 valence electrons. The largest absolute Gasteiger partial charge is 0.480 e. The van der Waals surface area contributed by atoms with Gasteiger partial charge in [-0.1, -0.05) is 0 Å². The van der Waals surface area contributed by atoms with Crippen molar-refractivity contribution in [3.8, 4) is 23.2 Å². The topological polar surface area (TPSA) is 101 Å². The highest BCUT2D eigenvalue weighted by Gasteiger charge is 2.15. The van der Waals surface area contributed by atoms with Crippen LogP contribution in [0.4, 0.5) is 0 Å². The van der Waals surface area contributed by atoms with Crippen molar-refractivity contribution in [1.29, 1.82) is 0 Å². The number of ether oxygens (including phenoxy) is 2. The third kappa shape index (κ3) is 2.33. The van der Waals surface area contributed by atoms with E-state index in [0.717, 1.165) is 5.39 Å². The summed E-state index contributed by atoms with van der Waals surface area (Å²) in [4.78, 5) is 8.52. The van der Waals surface area contributed by atoms with Gasteiger partial charge in [0.15, 0.2) is 11.4 Å². The van der Waals surface area contributed by atoms with Gasteiger partial charge >= 0.3 is 0 Å². The minimum Gasteiger partial charge on any atom is -0.480 e. The molecule has 0 radical (unpaired) electrons. The van der Waals surface area contributed by atoms with Crippen LogP contribution >= 0.6 is 0 Å². The van der Waals surface area contributed by atoms with Gasteiger partial charge in [-0.05, 0) is 12.1 Å². The van der Waals surface area contributed by atoms with Gasteiger partial charge in [0.1, 0.15) is 17.9 Å². The summed E-state index contributed by atoms with van der Waals surface area (Å²) in [6.07, 6.45) is 3.34. The summed E-state index contributed by atoms with van der Waals surface area (Å²) in [5.41, 5.74) is 7.54. The first-order chi connectivity index (χ1) is 11.8. The lowest BCUT2D eigenvalue weighted by Crippen LogP contribution is -2.12. The summed E-state index contributed by atoms with van der Waals surface area (Å²) in [5.74, 6) is 1.60. The van der Waals surface area contributed by atoms with E-state index in [4.69, 9.17) is 19.6 Å². The van der Waals surface area contributed by atoms with Crippen LogP contribution in [0.5, 0.6) is 11.8 Å². The van der Waals surface area contributed by atoms with Crippen LogP contribution in [0.2, 0.25) is 0 Å². The van der Waals surface area contributed by atoms with E-state index in [9.17, 15) is 0 Å². The first kappa shape index (κ1) is 14.5. The van der Waals surface area contributed by atoms with Gasteiger partial charge in [-0.3, -0.25) is 0 Å². The van der Waals surface area contributed by atoms with E-state index < -0.39 is 0 Å². The van der Waals surface area contributed by atoms with Gasteiger partial charge in [-0.2, -0.15) is 0 Å². The molecule has 0 aromatic carbocycles. The van der Waals surface area contributed by atoms with E-state index in [1.807, 2.05) is 12.1 Å². The molecular weight excluding hydrogens is 310 g/mol. The molecule has 0 spiro atoms. The molecule has 0 saturated carbocycles. The summed E-state index contributed by atoms with van der Waals surface area (Å²) in [5, 5.41) is 5.22. The SMILES string of the molecule is COc1nccc2oc(-c3cnc4ccc(OCCN)nn34)cc12. The molecule has 4 heterocycles. The standard InChI is InChI=1S/C16H15N5O3/c1-22-16-10-8-13(24-12(10)4-6-18-16)11-9-19-14-2-3-15(20-21(11)14)23-7-5-17/h2-4,6,8-9H,5,7,17H2,1H3. The summed E-state index contributed by atoms with van der Waals surface area (Å²) in [7, 11) is 1.57. The monoisotopic (exact) mass is 325 g/mol. The highest BCUT2D eigenvalue weighted by Crippen LogP contribution is 2.32. The van der Waals surface area contributed by atoms with E-state index in [0.29, 0.717) is 47.6 Å². The molecule has 24 heavy (non-hydrogen) atoms. The number of hydrogen-bond acceptors (Lipinski definition) is 7. The average Bonchev–Trinajstić information content (AvgIpc) is 3.22. The van der Waals surface area contributed by atoms with Crippen LogP contribution in [-0.2, 0) is 0 Å². The van der Waals surface area contributed by atoms with E-state index >= 15 is 0 Å². The fourth-order valence-corrected chi connectivity index (χ4v) is 2.49. The highest BCUT2D eigenvalue weighted by molar-refractivity contribution is 5.86. The second-order valence-corrected chi connectivity index (χ2v) is 5.06. The van der Waals surface area contributed by atoms with Crippen molar-refractivity contribution in [2.75, 3.05) is 20.3 Å². The number of imidazole rings is 1. The van der Waals surface area contributed by atoms with Crippen LogP contribution in [0.3, 0.4) is 0 Å². The Morgan fingerprint density at radius 2 is 2.17 bits per heavy atom. The minimum absolute atomic E-state index is 0.399. The molecule has 0 aliphatic rings. The fraction of sp³-hybridized carbons (Fsp3) is 0.188. The molecule has 2 N–H and O–H groups in total. The lowest BCUT2D eigenvalue weighted by molar-refractivity contribution is 0.310. The Kier molecular flexibility index (Phi) is 3.51. The fourth-order valence-electron chi connectivity index (χ4n) is 2.49. The maximum atomic E-state index is 5.90. The van der Waals surface area contributed by atoms with Crippen molar-refractivity contribution in [1.82, 2.24) is 19.6 Å². The molecule has 0 atom stereocenters. The number of rotatable bonds is 5. The first-order valence-corrected chi connectivity index (χ1v) is 7.40. The number of nitrogens with zero attached hydrogens (tertiary/aromatic N) is 4. The number of aromatic nitrogens is 4. The van der Waals surface area contributed by atoms with E-state index in [1.54, 1.807) is 36.2 Å². The molecular formula is C16H15N5O3. The normalized spacial score (nSPS) is 11.2. The molecule has 0 saturated heterocycles. The molecule has 0 bridgehead atoms. The Morgan fingerprint density at radius 1 is 1.25 bits per heavy atom. The van der Waals surface area contributed by atoms with E-state index in [1.165, 1.54) is 0 Å². The van der Waals surface area contributed by atoms with E-state index in [2.05, 4.69) is 15.1 Å². The van der Waals surface area contributed by atoms with Crippen LogP contribution < -0.4 is 15.2 Å². The number of pyridine rings is 1. The Hall–Kier alpha value is -3.13. The maximum Gasteiger partial charge on any atom is 0.231 e. The second-order valence-electron chi connectivity index (χ2n) is 5.06. The van der Waals surface area contributed by atoms with Crippen LogP contribution in [-0.4, -0.2) is 39.8 Å². The van der Waals surface area contributed by atoms with Gasteiger partial charge in [-0.15, -0.1) is 5.10 Å². The molecule has 4 rings (SSSR count). The number of hydrogen-bond donors (Lipinski definition) is 1. The average molecular weight is 325 g/mol. The number of nitrogens with two attached hydrogens (primary N) is 1. The summed E-state index contributed by atoms with van der Waals surface area (Å²) in [6.45, 7) is 0.822. The second kappa shape index (κ2) is 5.82. The molecule has 0 aliphatic carbocycles. The Morgan fingerprint density at radius 3 is 3.00 bits per heavy atom. The molecule has 8 heteroatoms. The smallest absolute Gasteiger partial charge is 0.231 e. The van der Waals surface area contributed by atoms with Crippen molar-refractivity contribution in [3.63, 3.8) is 0 Å². The Labute approximate surface area is 136 Å². The molecule has 0 fully saturated rings. The van der Waals surface area contributed by atoms with Gasteiger partial charge in [0.05, 0.1) is 18.7 Å². The van der Waals surface area contributed by atoms with Crippen molar-refractivity contribution in [2.24, 2.45) is 5.73 Å². The number of methoxy groups -OCH3 is 1. The van der Waals surface area contributed by atoms with Gasteiger partial charge < -0.3 is 19.6 Å². The molecule has 0 amide bonds. The predicted octanol–water partition coefficient (Wildman–Crippen LogP) is 1.88. The van der Waals surface area contributed by atoms with Crippen LogP contribution in [0.25, 0.3) is 28.1 Å². The molecule has 0 aliphatic heterocycles. The summed E-state index contributed by atoms with van der Waals surface area (Å²) in [6, 6.07) is 7.23. The van der Waals surface area contributed by atoms with Gasteiger partial charge in [0.2, 0.25) is 11.8 Å². The van der Waals surface area contributed by atoms with Crippen molar-refractivity contribution >= 4 is 16.6 Å². The number of fused-ring (bicyclic) bond motifs is 2. The van der Waals surface area contributed by atoms with Crippen molar-refractivity contribution in [2.45, 2.75) is 0 Å². The summed E-state index contributed by atoms with van der Waals surface area (Å²) < 4.78 is 18.3. The Balaban J connectivity index is 1.83. The highest BCUT2D eigenvalue weighted by atomic mass is 16.5. The zero-order valence-electron chi connectivity index (χ0n) is 13.0. The third-order valence-electron chi connectivity index (χ3n) is 3.56. The predicted molar refractivity (Wildman–Crippen MR) is 87.1 cm³/mol. The quantitative estimate of drug-likeness (QED) is 0.598. The van der Waals surface area contributed by atoms with E-state index in [-0.39, 0.29) is 0 Å². The van der Waals surface area contributed by atoms with Gasteiger partial charge in [0.25, 0.3) is 0 Å². The van der Waals surface area contributed by atoms with Gasteiger partial charge in [-0.25, -0.2) is 14.5 Å². The zero-order valence-corrected chi connectivity index (χ0v) is 13.0. The van der Waals surface area contributed by atoms with Crippen LogP contribution in [0.1, 0.15) is 0 Å². The minimum atomic E-state index is 0.399.